The van der Waals surface area contributed by atoms with Crippen molar-refractivity contribution in [1.29, 1.82) is 0 Å². The van der Waals surface area contributed by atoms with Crippen molar-refractivity contribution < 1.29 is 4.74 Å². The van der Waals surface area contributed by atoms with E-state index in [0.717, 1.165) is 25.6 Å². The molecule has 2 aliphatic rings. The van der Waals surface area contributed by atoms with Gasteiger partial charge >= 0.3 is 0 Å². The molecule has 2 fully saturated rings. The molecule has 0 spiro atoms. The Morgan fingerprint density at radius 1 is 1.11 bits per heavy atom. The van der Waals surface area contributed by atoms with E-state index in [4.69, 9.17) is 4.74 Å². The van der Waals surface area contributed by atoms with Gasteiger partial charge in [-0.2, -0.15) is 0 Å². The van der Waals surface area contributed by atoms with Crippen molar-refractivity contribution in [3.05, 3.63) is 35.4 Å². The van der Waals surface area contributed by atoms with E-state index in [1.807, 2.05) is 0 Å². The van der Waals surface area contributed by atoms with Crippen LogP contribution in [-0.4, -0.2) is 19.7 Å². The van der Waals surface area contributed by atoms with Crippen LogP contribution in [0.4, 0.5) is 0 Å². The highest BCUT2D eigenvalue weighted by atomic mass is 16.5. The smallest absolute Gasteiger partial charge is 0.0866 e. The van der Waals surface area contributed by atoms with Gasteiger partial charge in [-0.25, -0.2) is 0 Å². The first kappa shape index (κ1) is 12.2. The lowest BCUT2D eigenvalue weighted by Crippen LogP contribution is -2.24. The SMILES string of the molecule is CCNCC1CCOC1c1ccc(C2CC2)cc1. The fourth-order valence-corrected chi connectivity index (χ4v) is 2.92. The molecule has 1 saturated carbocycles. The van der Waals surface area contributed by atoms with Crippen LogP contribution in [0.5, 0.6) is 0 Å². The van der Waals surface area contributed by atoms with Gasteiger partial charge in [-0.1, -0.05) is 31.2 Å². The Morgan fingerprint density at radius 3 is 2.50 bits per heavy atom. The minimum absolute atomic E-state index is 0.303. The van der Waals surface area contributed by atoms with Crippen molar-refractivity contribution in [2.75, 3.05) is 19.7 Å². The first-order valence-electron chi connectivity index (χ1n) is 7.30. The van der Waals surface area contributed by atoms with E-state index in [0.29, 0.717) is 12.0 Å². The summed E-state index contributed by atoms with van der Waals surface area (Å²) in [5.41, 5.74) is 2.87. The molecule has 1 heterocycles. The summed E-state index contributed by atoms with van der Waals surface area (Å²) in [5.74, 6) is 1.48. The van der Waals surface area contributed by atoms with Gasteiger partial charge in [-0.15, -0.1) is 0 Å². The fourth-order valence-electron chi connectivity index (χ4n) is 2.92. The molecule has 3 rings (SSSR count). The van der Waals surface area contributed by atoms with Crippen molar-refractivity contribution in [2.24, 2.45) is 5.92 Å². The maximum atomic E-state index is 5.92. The number of benzene rings is 1. The van der Waals surface area contributed by atoms with Gasteiger partial charge in [-0.05, 0) is 42.9 Å². The van der Waals surface area contributed by atoms with Crippen LogP contribution < -0.4 is 5.32 Å². The van der Waals surface area contributed by atoms with Crippen molar-refractivity contribution in [1.82, 2.24) is 5.32 Å². The van der Waals surface area contributed by atoms with E-state index in [1.54, 1.807) is 0 Å². The maximum Gasteiger partial charge on any atom is 0.0866 e. The predicted octanol–water partition coefficient (Wildman–Crippen LogP) is 3.25. The number of hydrogen-bond donors (Lipinski definition) is 1. The highest BCUT2D eigenvalue weighted by Crippen LogP contribution is 2.41. The molecular weight excluding hydrogens is 222 g/mol. The molecule has 0 radical (unpaired) electrons. The predicted molar refractivity (Wildman–Crippen MR) is 73.8 cm³/mol. The molecule has 0 bridgehead atoms. The zero-order chi connectivity index (χ0) is 12.4. The third kappa shape index (κ3) is 2.60. The second kappa shape index (κ2) is 5.41. The number of nitrogens with one attached hydrogen (secondary N) is 1. The zero-order valence-corrected chi connectivity index (χ0v) is 11.2. The largest absolute Gasteiger partial charge is 0.373 e. The molecule has 98 valence electrons. The summed E-state index contributed by atoms with van der Waals surface area (Å²) in [6, 6.07) is 9.17. The Balaban J connectivity index is 1.68. The summed E-state index contributed by atoms with van der Waals surface area (Å²) in [4.78, 5) is 0. The Kier molecular flexibility index (Phi) is 3.67. The van der Waals surface area contributed by atoms with Crippen LogP contribution >= 0.6 is 0 Å². The summed E-state index contributed by atoms with van der Waals surface area (Å²) < 4.78 is 5.92. The molecular formula is C16H23NO. The van der Waals surface area contributed by atoms with Gasteiger partial charge in [0.15, 0.2) is 0 Å². The topological polar surface area (TPSA) is 21.3 Å². The second-order valence-corrected chi connectivity index (χ2v) is 5.59. The lowest BCUT2D eigenvalue weighted by Gasteiger charge is -2.19. The summed E-state index contributed by atoms with van der Waals surface area (Å²) >= 11 is 0. The number of hydrogen-bond acceptors (Lipinski definition) is 2. The minimum atomic E-state index is 0.303. The van der Waals surface area contributed by atoms with Gasteiger partial charge in [0.2, 0.25) is 0 Å². The lowest BCUT2D eigenvalue weighted by atomic mass is 9.94. The van der Waals surface area contributed by atoms with Crippen LogP contribution in [0.15, 0.2) is 24.3 Å². The van der Waals surface area contributed by atoms with Crippen LogP contribution in [0.2, 0.25) is 0 Å². The molecule has 1 N–H and O–H groups in total. The molecule has 2 atom stereocenters. The van der Waals surface area contributed by atoms with E-state index in [9.17, 15) is 0 Å². The maximum absolute atomic E-state index is 5.92. The van der Waals surface area contributed by atoms with E-state index in [-0.39, 0.29) is 0 Å². The Labute approximate surface area is 110 Å². The van der Waals surface area contributed by atoms with Gasteiger partial charge in [-0.3, -0.25) is 0 Å². The van der Waals surface area contributed by atoms with Gasteiger partial charge < -0.3 is 10.1 Å². The molecule has 1 aliphatic carbocycles. The molecule has 2 nitrogen and oxygen atoms in total. The van der Waals surface area contributed by atoms with E-state index >= 15 is 0 Å². The normalized spacial score (nSPS) is 27.6. The molecule has 1 aromatic carbocycles. The van der Waals surface area contributed by atoms with Crippen LogP contribution in [0, 0.1) is 5.92 Å². The molecule has 1 aromatic rings. The monoisotopic (exact) mass is 245 g/mol. The van der Waals surface area contributed by atoms with Crippen molar-refractivity contribution >= 4 is 0 Å². The fraction of sp³-hybridized carbons (Fsp3) is 0.625. The standard InChI is InChI=1S/C16H23NO/c1-2-17-11-15-9-10-18-16(15)14-7-5-13(6-8-14)12-3-4-12/h5-8,12,15-17H,2-4,9-11H2,1H3. The van der Waals surface area contributed by atoms with Crippen LogP contribution in [0.3, 0.4) is 0 Å². The van der Waals surface area contributed by atoms with Gasteiger partial charge in [0, 0.05) is 19.1 Å². The van der Waals surface area contributed by atoms with Crippen molar-refractivity contribution in [3.8, 4) is 0 Å². The van der Waals surface area contributed by atoms with Gasteiger partial charge in [0.1, 0.15) is 0 Å². The first-order valence-corrected chi connectivity index (χ1v) is 7.30. The lowest BCUT2D eigenvalue weighted by molar-refractivity contribution is 0.0906. The van der Waals surface area contributed by atoms with Crippen LogP contribution in [-0.2, 0) is 4.74 Å². The second-order valence-electron chi connectivity index (χ2n) is 5.59. The van der Waals surface area contributed by atoms with Gasteiger partial charge in [0.25, 0.3) is 0 Å². The highest BCUT2D eigenvalue weighted by Gasteiger charge is 2.29. The summed E-state index contributed by atoms with van der Waals surface area (Å²) in [6.45, 7) is 5.19. The average Bonchev–Trinajstić information content (AvgIpc) is 3.16. The third-order valence-corrected chi connectivity index (χ3v) is 4.18. The number of rotatable bonds is 5. The molecule has 1 aliphatic heterocycles. The van der Waals surface area contributed by atoms with E-state index in [2.05, 4.69) is 36.5 Å². The molecule has 0 amide bonds. The van der Waals surface area contributed by atoms with Gasteiger partial charge in [0.05, 0.1) is 6.10 Å². The van der Waals surface area contributed by atoms with Crippen LogP contribution in [0.25, 0.3) is 0 Å². The Hall–Kier alpha value is -0.860. The summed E-state index contributed by atoms with van der Waals surface area (Å²) in [5, 5.41) is 3.45. The number of ether oxygens (including phenoxy) is 1. The molecule has 2 heteroatoms. The Morgan fingerprint density at radius 2 is 1.83 bits per heavy atom. The third-order valence-electron chi connectivity index (χ3n) is 4.18. The first-order chi connectivity index (χ1) is 8.88. The molecule has 2 unspecified atom stereocenters. The summed E-state index contributed by atoms with van der Waals surface area (Å²) in [6.07, 6.45) is 4.24. The highest BCUT2D eigenvalue weighted by molar-refractivity contribution is 5.29. The van der Waals surface area contributed by atoms with Crippen molar-refractivity contribution in [3.63, 3.8) is 0 Å². The molecule has 1 saturated heterocycles. The molecule has 0 aromatic heterocycles. The Bertz CT molecular complexity index is 383. The van der Waals surface area contributed by atoms with Crippen LogP contribution in [0.1, 0.15) is 49.3 Å². The minimum Gasteiger partial charge on any atom is -0.373 e. The van der Waals surface area contributed by atoms with E-state index in [1.165, 1.54) is 30.4 Å². The summed E-state index contributed by atoms with van der Waals surface area (Å²) in [7, 11) is 0. The average molecular weight is 245 g/mol. The molecule has 18 heavy (non-hydrogen) atoms. The zero-order valence-electron chi connectivity index (χ0n) is 11.2. The van der Waals surface area contributed by atoms with E-state index < -0.39 is 0 Å². The quantitative estimate of drug-likeness (QED) is 0.859. The van der Waals surface area contributed by atoms with Crippen molar-refractivity contribution in [2.45, 2.75) is 38.2 Å².